The van der Waals surface area contributed by atoms with Gasteiger partial charge >= 0.3 is 0 Å². The number of sulfonamides is 1. The zero-order valence-corrected chi connectivity index (χ0v) is 25.0. The van der Waals surface area contributed by atoms with Gasteiger partial charge in [-0.15, -0.1) is 0 Å². The third-order valence-electron chi connectivity index (χ3n) is 8.13. The Bertz CT molecular complexity index is 1300. The minimum Gasteiger partial charge on any atom is -0.355 e. The van der Waals surface area contributed by atoms with Crippen LogP contribution in [0.4, 0.5) is 0 Å². The number of aromatic nitrogens is 1. The summed E-state index contributed by atoms with van der Waals surface area (Å²) in [6.07, 6.45) is 7.91. The quantitative estimate of drug-likeness (QED) is 0.440. The number of carbonyl (C=O) groups is 2. The number of likely N-dealkylation sites (tertiary alicyclic amines) is 1. The minimum absolute atomic E-state index is 0.0790. The van der Waals surface area contributed by atoms with Crippen molar-refractivity contribution in [3.05, 3.63) is 46.8 Å². The zero-order chi connectivity index (χ0) is 28.9. The Hall–Kier alpha value is -2.98. The largest absolute Gasteiger partial charge is 0.355 e. The number of aryl methyl sites for hydroxylation is 2. The van der Waals surface area contributed by atoms with Crippen LogP contribution >= 0.6 is 0 Å². The number of benzene rings is 1. The van der Waals surface area contributed by atoms with Crippen molar-refractivity contribution in [3.8, 4) is 0 Å². The Morgan fingerprint density at radius 1 is 1.02 bits per heavy atom. The maximum absolute atomic E-state index is 13.7. The van der Waals surface area contributed by atoms with E-state index in [1.165, 1.54) is 4.31 Å². The highest BCUT2D eigenvalue weighted by Crippen LogP contribution is 2.31. The number of piperidine rings is 2. The summed E-state index contributed by atoms with van der Waals surface area (Å²) < 4.78 is 34.3. The van der Waals surface area contributed by atoms with Gasteiger partial charge in [-0.2, -0.15) is 4.31 Å². The molecule has 2 aromatic rings. The first-order valence-electron chi connectivity index (χ1n) is 14.4. The van der Waals surface area contributed by atoms with Crippen LogP contribution in [0.25, 0.3) is 12.2 Å². The Labute approximate surface area is 238 Å². The topological polar surface area (TPSA) is 104 Å². The number of amides is 2. The molecule has 0 atom stereocenters. The number of rotatable bonds is 9. The van der Waals surface area contributed by atoms with Gasteiger partial charge in [0.05, 0.1) is 0 Å². The van der Waals surface area contributed by atoms with E-state index in [2.05, 4.69) is 12.1 Å². The number of hydrogen-bond acceptors (Lipinski definition) is 6. The Balaban J connectivity index is 1.43. The first-order valence-corrected chi connectivity index (χ1v) is 15.8. The van der Waals surface area contributed by atoms with E-state index < -0.39 is 10.0 Å². The number of nitrogens with zero attached hydrogens (tertiary/aromatic N) is 4. The van der Waals surface area contributed by atoms with Crippen LogP contribution in [0.2, 0.25) is 0 Å². The average molecular weight is 571 g/mol. The Morgan fingerprint density at radius 3 is 2.27 bits per heavy atom. The minimum atomic E-state index is -3.85. The van der Waals surface area contributed by atoms with Gasteiger partial charge in [0.25, 0.3) is 0 Å². The summed E-state index contributed by atoms with van der Waals surface area (Å²) in [5.41, 5.74) is 2.40. The second-order valence-corrected chi connectivity index (χ2v) is 12.9. The van der Waals surface area contributed by atoms with Crippen molar-refractivity contribution in [1.82, 2.24) is 19.3 Å². The van der Waals surface area contributed by atoms with Gasteiger partial charge in [-0.1, -0.05) is 54.4 Å². The molecule has 1 aromatic heterocycles. The maximum atomic E-state index is 13.7. The number of unbranched alkanes of at least 4 members (excludes halogenated alkanes) is 1. The molecule has 2 aliphatic rings. The molecule has 0 aliphatic carbocycles. The lowest BCUT2D eigenvalue weighted by Crippen LogP contribution is -2.51. The van der Waals surface area contributed by atoms with Gasteiger partial charge in [0.1, 0.15) is 5.69 Å². The van der Waals surface area contributed by atoms with E-state index in [1.54, 1.807) is 19.9 Å². The van der Waals surface area contributed by atoms with Crippen molar-refractivity contribution in [3.63, 3.8) is 0 Å². The van der Waals surface area contributed by atoms with E-state index >= 15 is 0 Å². The third kappa shape index (κ3) is 6.83. The monoisotopic (exact) mass is 570 g/mol. The first-order chi connectivity index (χ1) is 19.1. The van der Waals surface area contributed by atoms with Gasteiger partial charge < -0.3 is 14.3 Å². The first kappa shape index (κ1) is 30.0. The van der Waals surface area contributed by atoms with Crippen molar-refractivity contribution >= 4 is 34.0 Å². The van der Waals surface area contributed by atoms with E-state index in [-0.39, 0.29) is 47.5 Å². The number of carbonyl (C=O) groups excluding carboxylic acids is 2. The van der Waals surface area contributed by atoms with Crippen LogP contribution in [0.3, 0.4) is 0 Å². The van der Waals surface area contributed by atoms with Crippen molar-refractivity contribution < 1.29 is 22.5 Å². The van der Waals surface area contributed by atoms with Gasteiger partial charge in [-0.25, -0.2) is 8.42 Å². The van der Waals surface area contributed by atoms with Crippen LogP contribution in [0.15, 0.2) is 33.7 Å². The van der Waals surface area contributed by atoms with E-state index in [0.29, 0.717) is 38.2 Å². The SMILES string of the molecule is CCCCN(C(=O)C1CCN(S(=O)(=O)c2c(C)noc2/C=C/c2ccc(C)cc2)CC1)C1CCN(C(C)=O)CC1. The lowest BCUT2D eigenvalue weighted by molar-refractivity contribution is -0.141. The van der Waals surface area contributed by atoms with Crippen LogP contribution in [-0.2, 0) is 19.6 Å². The third-order valence-corrected chi connectivity index (χ3v) is 10.2. The molecule has 40 heavy (non-hydrogen) atoms. The highest BCUT2D eigenvalue weighted by molar-refractivity contribution is 7.89. The summed E-state index contributed by atoms with van der Waals surface area (Å²) in [5, 5.41) is 3.95. The van der Waals surface area contributed by atoms with E-state index in [1.807, 2.05) is 47.1 Å². The molecule has 1 aromatic carbocycles. The second-order valence-electron chi connectivity index (χ2n) is 11.0. The van der Waals surface area contributed by atoms with Crippen molar-refractivity contribution in [2.45, 2.75) is 77.2 Å². The molecule has 0 radical (unpaired) electrons. The summed E-state index contributed by atoms with van der Waals surface area (Å²) >= 11 is 0. The molecular weight excluding hydrogens is 528 g/mol. The fourth-order valence-electron chi connectivity index (χ4n) is 5.65. The summed E-state index contributed by atoms with van der Waals surface area (Å²) in [5.74, 6) is 0.197. The summed E-state index contributed by atoms with van der Waals surface area (Å²) in [6, 6.07) is 8.03. The van der Waals surface area contributed by atoms with Crippen LogP contribution in [0.5, 0.6) is 0 Å². The van der Waals surface area contributed by atoms with Crippen molar-refractivity contribution in [2.24, 2.45) is 5.92 Å². The summed E-state index contributed by atoms with van der Waals surface area (Å²) in [6.45, 7) is 9.94. The molecule has 4 rings (SSSR count). The molecule has 218 valence electrons. The second kappa shape index (κ2) is 13.1. The molecule has 2 amide bonds. The molecule has 2 aliphatic heterocycles. The predicted molar refractivity (Wildman–Crippen MR) is 155 cm³/mol. The molecule has 9 nitrogen and oxygen atoms in total. The number of hydrogen-bond donors (Lipinski definition) is 0. The lowest BCUT2D eigenvalue weighted by Gasteiger charge is -2.41. The smallest absolute Gasteiger partial charge is 0.248 e. The molecule has 10 heteroatoms. The van der Waals surface area contributed by atoms with Crippen LogP contribution < -0.4 is 0 Å². The molecule has 2 fully saturated rings. The molecule has 3 heterocycles. The fourth-order valence-corrected chi connectivity index (χ4v) is 7.37. The highest BCUT2D eigenvalue weighted by atomic mass is 32.2. The van der Waals surface area contributed by atoms with Gasteiger partial charge in [-0.05, 0) is 57.6 Å². The van der Waals surface area contributed by atoms with Crippen molar-refractivity contribution in [2.75, 3.05) is 32.7 Å². The molecule has 0 N–H and O–H groups in total. The predicted octanol–water partition coefficient (Wildman–Crippen LogP) is 4.50. The molecule has 2 saturated heterocycles. The van der Waals surface area contributed by atoms with Crippen molar-refractivity contribution in [1.29, 1.82) is 0 Å². The molecule has 0 bridgehead atoms. The molecule has 0 spiro atoms. The molecule has 0 unspecified atom stereocenters. The van der Waals surface area contributed by atoms with Gasteiger partial charge in [0.2, 0.25) is 21.8 Å². The van der Waals surface area contributed by atoms with Crippen LogP contribution in [0.1, 0.15) is 75.0 Å². The Kier molecular flexibility index (Phi) is 9.84. The van der Waals surface area contributed by atoms with Gasteiger partial charge in [-0.3, -0.25) is 9.59 Å². The highest BCUT2D eigenvalue weighted by Gasteiger charge is 2.38. The summed E-state index contributed by atoms with van der Waals surface area (Å²) in [7, 11) is -3.85. The van der Waals surface area contributed by atoms with E-state index in [0.717, 1.165) is 36.8 Å². The van der Waals surface area contributed by atoms with E-state index in [4.69, 9.17) is 4.52 Å². The maximum Gasteiger partial charge on any atom is 0.248 e. The standard InChI is InChI=1S/C30H42N4O5S/c1-5-6-17-34(27-15-18-32(19-16-27)24(4)35)30(36)26-13-20-33(21-14-26)40(37,38)29-23(3)31-39-28(29)12-11-25-9-7-22(2)8-10-25/h7-12,26-27H,5-6,13-21H2,1-4H3/b12-11+. The molecule has 0 saturated carbocycles. The van der Waals surface area contributed by atoms with Gasteiger partial charge in [0.15, 0.2) is 10.7 Å². The summed E-state index contributed by atoms with van der Waals surface area (Å²) in [4.78, 5) is 29.4. The normalized spacial score (nSPS) is 17.9. The van der Waals surface area contributed by atoms with Gasteiger partial charge in [0, 0.05) is 51.6 Å². The molecular formula is C30H42N4O5S. The Morgan fingerprint density at radius 2 is 1.68 bits per heavy atom. The van der Waals surface area contributed by atoms with Crippen LogP contribution in [0, 0.1) is 19.8 Å². The average Bonchev–Trinajstić information content (AvgIpc) is 3.34. The van der Waals surface area contributed by atoms with E-state index in [9.17, 15) is 18.0 Å². The van der Waals surface area contributed by atoms with Crippen LogP contribution in [-0.4, -0.2) is 78.3 Å². The fraction of sp³-hybridized carbons (Fsp3) is 0.567. The zero-order valence-electron chi connectivity index (χ0n) is 24.1. The lowest BCUT2D eigenvalue weighted by atomic mass is 9.94.